The summed E-state index contributed by atoms with van der Waals surface area (Å²) in [5.74, 6) is 0.0713. The van der Waals surface area contributed by atoms with Crippen molar-refractivity contribution < 1.29 is 4.79 Å². The number of benzene rings is 2. The van der Waals surface area contributed by atoms with E-state index >= 15 is 0 Å². The van der Waals surface area contributed by atoms with Gasteiger partial charge in [0.15, 0.2) is 0 Å². The monoisotopic (exact) mass is 311 g/mol. The summed E-state index contributed by atoms with van der Waals surface area (Å²) in [6.07, 6.45) is 1.92. The van der Waals surface area contributed by atoms with E-state index in [-0.39, 0.29) is 5.91 Å². The minimum atomic E-state index is -0.445. The first-order chi connectivity index (χ1) is 10.4. The molecule has 0 atom stereocenters. The Bertz CT molecular complexity index is 841. The fourth-order valence-electron chi connectivity index (χ4n) is 2.58. The summed E-state index contributed by atoms with van der Waals surface area (Å²) in [4.78, 5) is 12.7. The summed E-state index contributed by atoms with van der Waals surface area (Å²) in [7, 11) is 0. The average molecular weight is 312 g/mol. The van der Waals surface area contributed by atoms with Crippen molar-refractivity contribution in [1.82, 2.24) is 4.57 Å². The van der Waals surface area contributed by atoms with Crippen molar-refractivity contribution in [2.45, 2.75) is 20.8 Å². The zero-order valence-corrected chi connectivity index (χ0v) is 13.7. The Labute approximate surface area is 135 Å². The number of hydrogen-bond donors (Lipinski definition) is 0. The maximum Gasteiger partial charge on any atom is 0.236 e. The highest BCUT2D eigenvalue weighted by Gasteiger charge is 2.25. The molecule has 2 aromatic carbocycles. The average Bonchev–Trinajstić information content (AvgIpc) is 2.85. The first-order valence-electron chi connectivity index (χ1n) is 7.29. The number of nitrogens with zero attached hydrogens (tertiary/aromatic N) is 1. The smallest absolute Gasteiger partial charge is 0.236 e. The number of halogens is 1. The second kappa shape index (κ2) is 5.29. The molecule has 112 valence electrons. The molecule has 1 heterocycles. The Morgan fingerprint density at radius 2 is 1.73 bits per heavy atom. The predicted molar refractivity (Wildman–Crippen MR) is 92.5 cm³/mol. The van der Waals surface area contributed by atoms with Gasteiger partial charge in [-0.05, 0) is 23.8 Å². The molecule has 0 aliphatic rings. The molecule has 0 aliphatic carbocycles. The molecule has 0 aliphatic heterocycles. The molecule has 3 aromatic rings. The second-order valence-corrected chi connectivity index (χ2v) is 6.93. The Morgan fingerprint density at radius 3 is 2.36 bits per heavy atom. The maximum absolute atomic E-state index is 12.7. The number of aromatic nitrogens is 1. The molecule has 0 amide bonds. The van der Waals surface area contributed by atoms with E-state index in [2.05, 4.69) is 0 Å². The summed E-state index contributed by atoms with van der Waals surface area (Å²) in [6, 6.07) is 15.7. The molecule has 3 rings (SSSR count). The molecule has 2 nitrogen and oxygen atoms in total. The van der Waals surface area contributed by atoms with Crippen LogP contribution < -0.4 is 0 Å². The molecule has 3 heteroatoms. The molecule has 0 bridgehead atoms. The lowest BCUT2D eigenvalue weighted by Crippen LogP contribution is -2.25. The van der Waals surface area contributed by atoms with E-state index in [1.165, 1.54) is 0 Å². The molecular formula is C19H18ClNO. The van der Waals surface area contributed by atoms with E-state index in [1.54, 1.807) is 4.57 Å². The lowest BCUT2D eigenvalue weighted by molar-refractivity contribution is 0.0773. The van der Waals surface area contributed by atoms with Crippen LogP contribution in [0.1, 0.15) is 25.6 Å². The number of carbonyl (C=O) groups excluding carboxylic acids is 1. The quantitative estimate of drug-likeness (QED) is 0.569. The lowest BCUT2D eigenvalue weighted by Gasteiger charge is -2.17. The first-order valence-corrected chi connectivity index (χ1v) is 7.66. The van der Waals surface area contributed by atoms with E-state index in [9.17, 15) is 4.79 Å². The topological polar surface area (TPSA) is 22.0 Å². The Balaban J connectivity index is 2.30. The number of hydrogen-bond acceptors (Lipinski definition) is 1. The maximum atomic E-state index is 12.7. The molecule has 0 N–H and O–H groups in total. The van der Waals surface area contributed by atoms with E-state index in [0.29, 0.717) is 5.02 Å². The standard InChI is InChI=1S/C19H18ClNO/c1-19(2,3)18(22)21-12-16(13-7-5-4-6-8-13)15-11-14(20)9-10-17(15)21/h4-12H,1-3H3. The Morgan fingerprint density at radius 1 is 1.05 bits per heavy atom. The van der Waals surface area contributed by atoms with Crippen molar-refractivity contribution in [3.8, 4) is 11.1 Å². The highest BCUT2D eigenvalue weighted by molar-refractivity contribution is 6.31. The molecule has 1 aromatic heterocycles. The van der Waals surface area contributed by atoms with Crippen molar-refractivity contribution in [2.75, 3.05) is 0 Å². The summed E-state index contributed by atoms with van der Waals surface area (Å²) in [5, 5.41) is 1.67. The van der Waals surface area contributed by atoms with Gasteiger partial charge in [-0.15, -0.1) is 0 Å². The van der Waals surface area contributed by atoms with Crippen LogP contribution in [-0.2, 0) is 0 Å². The second-order valence-electron chi connectivity index (χ2n) is 6.50. The van der Waals surface area contributed by atoms with Crippen LogP contribution in [0.4, 0.5) is 0 Å². The minimum Gasteiger partial charge on any atom is -0.286 e. The van der Waals surface area contributed by atoms with Gasteiger partial charge in [-0.25, -0.2) is 0 Å². The number of rotatable bonds is 1. The fraction of sp³-hybridized carbons (Fsp3) is 0.211. The van der Waals surface area contributed by atoms with Gasteiger partial charge in [-0.2, -0.15) is 0 Å². The van der Waals surface area contributed by atoms with Crippen molar-refractivity contribution in [1.29, 1.82) is 0 Å². The van der Waals surface area contributed by atoms with Gasteiger partial charge in [0.1, 0.15) is 0 Å². The Kier molecular flexibility index (Phi) is 3.57. The van der Waals surface area contributed by atoms with Crippen LogP contribution in [0.25, 0.3) is 22.0 Å². The molecular weight excluding hydrogens is 294 g/mol. The van der Waals surface area contributed by atoms with Crippen LogP contribution >= 0.6 is 11.6 Å². The van der Waals surface area contributed by atoms with Crippen LogP contribution in [0, 0.1) is 5.41 Å². The molecule has 0 fully saturated rings. The van der Waals surface area contributed by atoms with Crippen molar-refractivity contribution in [3.63, 3.8) is 0 Å². The third-order valence-corrected chi connectivity index (χ3v) is 3.95. The third-order valence-electron chi connectivity index (χ3n) is 3.71. The largest absolute Gasteiger partial charge is 0.286 e. The molecule has 22 heavy (non-hydrogen) atoms. The van der Waals surface area contributed by atoms with Gasteiger partial charge in [0, 0.05) is 27.6 Å². The lowest BCUT2D eigenvalue weighted by atomic mass is 9.95. The van der Waals surface area contributed by atoms with Crippen LogP contribution in [0.5, 0.6) is 0 Å². The van der Waals surface area contributed by atoms with E-state index < -0.39 is 5.41 Å². The van der Waals surface area contributed by atoms with Gasteiger partial charge in [0.25, 0.3) is 0 Å². The highest BCUT2D eigenvalue weighted by Crippen LogP contribution is 2.34. The Hall–Kier alpha value is -2.06. The first kappa shape index (κ1) is 14.9. The fourth-order valence-corrected chi connectivity index (χ4v) is 2.75. The number of fused-ring (bicyclic) bond motifs is 1. The third kappa shape index (κ3) is 2.55. The van der Waals surface area contributed by atoms with Gasteiger partial charge in [-0.1, -0.05) is 62.7 Å². The van der Waals surface area contributed by atoms with E-state index in [1.807, 2.05) is 75.5 Å². The number of carbonyl (C=O) groups is 1. The summed E-state index contributed by atoms with van der Waals surface area (Å²) >= 11 is 6.16. The summed E-state index contributed by atoms with van der Waals surface area (Å²) in [5.41, 5.74) is 2.55. The molecule has 0 saturated carbocycles. The van der Waals surface area contributed by atoms with Gasteiger partial charge in [0.05, 0.1) is 5.52 Å². The van der Waals surface area contributed by atoms with Crippen molar-refractivity contribution in [3.05, 3.63) is 59.8 Å². The zero-order chi connectivity index (χ0) is 15.9. The molecule has 0 saturated heterocycles. The zero-order valence-electron chi connectivity index (χ0n) is 12.9. The van der Waals surface area contributed by atoms with Crippen LogP contribution in [-0.4, -0.2) is 10.5 Å². The SMILES string of the molecule is CC(C)(C)C(=O)n1cc(-c2ccccc2)c2cc(Cl)ccc21. The molecule has 0 radical (unpaired) electrons. The minimum absolute atomic E-state index is 0.0713. The van der Waals surface area contributed by atoms with Crippen LogP contribution in [0.2, 0.25) is 5.02 Å². The van der Waals surface area contributed by atoms with Gasteiger partial charge >= 0.3 is 0 Å². The summed E-state index contributed by atoms with van der Waals surface area (Å²) in [6.45, 7) is 5.79. The molecule has 0 spiro atoms. The normalized spacial score (nSPS) is 11.8. The van der Waals surface area contributed by atoms with E-state index in [0.717, 1.165) is 22.0 Å². The van der Waals surface area contributed by atoms with Crippen molar-refractivity contribution in [2.24, 2.45) is 5.41 Å². The molecule has 0 unspecified atom stereocenters. The van der Waals surface area contributed by atoms with Crippen LogP contribution in [0.15, 0.2) is 54.7 Å². The van der Waals surface area contributed by atoms with Gasteiger partial charge in [-0.3, -0.25) is 9.36 Å². The van der Waals surface area contributed by atoms with Gasteiger partial charge in [0.2, 0.25) is 5.91 Å². The van der Waals surface area contributed by atoms with E-state index in [4.69, 9.17) is 11.6 Å². The predicted octanol–water partition coefficient (Wildman–Crippen LogP) is 5.65. The van der Waals surface area contributed by atoms with Gasteiger partial charge < -0.3 is 0 Å². The highest BCUT2D eigenvalue weighted by atomic mass is 35.5. The summed E-state index contributed by atoms with van der Waals surface area (Å²) < 4.78 is 1.74. The van der Waals surface area contributed by atoms with Crippen molar-refractivity contribution >= 4 is 28.4 Å². The van der Waals surface area contributed by atoms with Crippen LogP contribution in [0.3, 0.4) is 0 Å².